The first kappa shape index (κ1) is 11.9. The van der Waals surface area contributed by atoms with Crippen LogP contribution in [0.1, 0.15) is 26.2 Å². The molecule has 0 aromatic rings. The molecule has 1 rings (SSSR count). The molecule has 0 aromatic carbocycles. The van der Waals surface area contributed by atoms with Crippen LogP contribution in [0.3, 0.4) is 0 Å². The second-order valence-corrected chi connectivity index (χ2v) is 5.37. The van der Waals surface area contributed by atoms with Gasteiger partial charge in [-0.15, -0.1) is 0 Å². The van der Waals surface area contributed by atoms with E-state index in [0.29, 0.717) is 13.1 Å². The standard InChI is InChI=1S/C8H18N2O3S/c1-8(7-11)9-14(12,13)10-5-3-2-4-6-10/h8-9,11H,2-7H2,1H3/t8-/m1/s1. The van der Waals surface area contributed by atoms with Crippen LogP contribution in [0.2, 0.25) is 0 Å². The van der Waals surface area contributed by atoms with E-state index in [1.54, 1.807) is 6.92 Å². The molecule has 0 radical (unpaired) electrons. The van der Waals surface area contributed by atoms with Crippen LogP contribution >= 0.6 is 0 Å². The van der Waals surface area contributed by atoms with Crippen LogP contribution in [0, 0.1) is 0 Å². The largest absolute Gasteiger partial charge is 0.395 e. The molecular weight excluding hydrogens is 204 g/mol. The molecule has 1 aliphatic heterocycles. The molecule has 0 aliphatic carbocycles. The number of piperidine rings is 1. The quantitative estimate of drug-likeness (QED) is 0.685. The van der Waals surface area contributed by atoms with Crippen molar-refractivity contribution in [3.63, 3.8) is 0 Å². The lowest BCUT2D eigenvalue weighted by molar-refractivity contribution is 0.260. The molecule has 1 fully saturated rings. The van der Waals surface area contributed by atoms with Gasteiger partial charge in [0.1, 0.15) is 0 Å². The van der Waals surface area contributed by atoms with Crippen LogP contribution in [-0.2, 0) is 10.2 Å². The number of hydrogen-bond donors (Lipinski definition) is 2. The van der Waals surface area contributed by atoms with Crippen molar-refractivity contribution in [1.29, 1.82) is 0 Å². The van der Waals surface area contributed by atoms with Crippen LogP contribution in [-0.4, -0.2) is 43.6 Å². The van der Waals surface area contributed by atoms with Crippen LogP contribution in [0.5, 0.6) is 0 Å². The molecule has 1 heterocycles. The molecule has 0 unspecified atom stereocenters. The highest BCUT2D eigenvalue weighted by Gasteiger charge is 2.24. The summed E-state index contributed by atoms with van der Waals surface area (Å²) in [5, 5.41) is 8.75. The van der Waals surface area contributed by atoms with Gasteiger partial charge >= 0.3 is 0 Å². The SMILES string of the molecule is C[C@H](CO)NS(=O)(=O)N1CCCCC1. The Morgan fingerprint density at radius 1 is 1.36 bits per heavy atom. The summed E-state index contributed by atoms with van der Waals surface area (Å²) in [6.45, 7) is 2.65. The second kappa shape index (κ2) is 5.06. The van der Waals surface area contributed by atoms with Gasteiger partial charge in [0.25, 0.3) is 10.2 Å². The van der Waals surface area contributed by atoms with Crippen molar-refractivity contribution in [3.8, 4) is 0 Å². The Kier molecular flexibility index (Phi) is 4.31. The summed E-state index contributed by atoms with van der Waals surface area (Å²) in [5.41, 5.74) is 0. The lowest BCUT2D eigenvalue weighted by Crippen LogP contribution is -2.47. The normalized spacial score (nSPS) is 22.1. The third kappa shape index (κ3) is 3.20. The van der Waals surface area contributed by atoms with Gasteiger partial charge in [-0.25, -0.2) is 0 Å². The molecule has 0 aromatic heterocycles. The lowest BCUT2D eigenvalue weighted by Gasteiger charge is -2.27. The van der Waals surface area contributed by atoms with Gasteiger partial charge in [0.2, 0.25) is 0 Å². The highest BCUT2D eigenvalue weighted by molar-refractivity contribution is 7.87. The first-order chi connectivity index (χ1) is 6.56. The van der Waals surface area contributed by atoms with Gasteiger partial charge in [-0.1, -0.05) is 6.42 Å². The molecule has 1 aliphatic rings. The van der Waals surface area contributed by atoms with E-state index in [1.165, 1.54) is 4.31 Å². The maximum absolute atomic E-state index is 11.7. The summed E-state index contributed by atoms with van der Waals surface area (Å²) in [6.07, 6.45) is 2.95. The maximum Gasteiger partial charge on any atom is 0.279 e. The van der Waals surface area contributed by atoms with Crippen LogP contribution in [0.15, 0.2) is 0 Å². The van der Waals surface area contributed by atoms with Crippen LogP contribution in [0.25, 0.3) is 0 Å². The van der Waals surface area contributed by atoms with E-state index in [1.807, 2.05) is 0 Å². The van der Waals surface area contributed by atoms with Crippen molar-refractivity contribution in [3.05, 3.63) is 0 Å². The van der Waals surface area contributed by atoms with Crippen molar-refractivity contribution < 1.29 is 13.5 Å². The highest BCUT2D eigenvalue weighted by Crippen LogP contribution is 2.11. The van der Waals surface area contributed by atoms with Gasteiger partial charge in [-0.2, -0.15) is 17.4 Å². The van der Waals surface area contributed by atoms with E-state index in [2.05, 4.69) is 4.72 Å². The topological polar surface area (TPSA) is 69.6 Å². The van der Waals surface area contributed by atoms with E-state index in [9.17, 15) is 8.42 Å². The Balaban J connectivity index is 2.54. The van der Waals surface area contributed by atoms with E-state index >= 15 is 0 Å². The van der Waals surface area contributed by atoms with E-state index in [0.717, 1.165) is 19.3 Å². The minimum absolute atomic E-state index is 0.174. The Bertz CT molecular complexity index is 260. The average molecular weight is 222 g/mol. The zero-order valence-corrected chi connectivity index (χ0v) is 9.26. The Hall–Kier alpha value is -0.170. The molecule has 0 bridgehead atoms. The lowest BCUT2D eigenvalue weighted by atomic mass is 10.2. The minimum atomic E-state index is -3.37. The van der Waals surface area contributed by atoms with Gasteiger partial charge in [0, 0.05) is 19.1 Å². The van der Waals surface area contributed by atoms with Crippen molar-refractivity contribution in [1.82, 2.24) is 9.03 Å². The fourth-order valence-electron chi connectivity index (χ4n) is 1.47. The fourth-order valence-corrected chi connectivity index (χ4v) is 2.94. The molecule has 0 spiro atoms. The summed E-state index contributed by atoms with van der Waals surface area (Å²) < 4.78 is 27.2. The van der Waals surface area contributed by atoms with Gasteiger partial charge < -0.3 is 5.11 Å². The molecule has 0 saturated carbocycles. The monoisotopic (exact) mass is 222 g/mol. The number of aliphatic hydroxyl groups is 1. The number of nitrogens with zero attached hydrogens (tertiary/aromatic N) is 1. The Morgan fingerprint density at radius 2 is 1.93 bits per heavy atom. The molecule has 0 amide bonds. The van der Waals surface area contributed by atoms with Gasteiger partial charge in [0.15, 0.2) is 0 Å². The molecule has 1 atom stereocenters. The first-order valence-electron chi connectivity index (χ1n) is 4.94. The summed E-state index contributed by atoms with van der Waals surface area (Å²) in [6, 6.07) is -0.415. The van der Waals surface area contributed by atoms with Crippen molar-refractivity contribution in [2.24, 2.45) is 0 Å². The van der Waals surface area contributed by atoms with Crippen molar-refractivity contribution in [2.45, 2.75) is 32.2 Å². The summed E-state index contributed by atoms with van der Waals surface area (Å²) >= 11 is 0. The molecule has 14 heavy (non-hydrogen) atoms. The van der Waals surface area contributed by atoms with Gasteiger partial charge in [-0.05, 0) is 19.8 Å². The fraction of sp³-hybridized carbons (Fsp3) is 1.00. The Morgan fingerprint density at radius 3 is 2.43 bits per heavy atom. The molecule has 1 saturated heterocycles. The van der Waals surface area contributed by atoms with Crippen molar-refractivity contribution >= 4 is 10.2 Å². The zero-order valence-electron chi connectivity index (χ0n) is 8.44. The van der Waals surface area contributed by atoms with E-state index in [-0.39, 0.29) is 6.61 Å². The molecule has 5 nitrogen and oxygen atoms in total. The maximum atomic E-state index is 11.7. The number of rotatable bonds is 4. The zero-order chi connectivity index (χ0) is 10.6. The highest BCUT2D eigenvalue weighted by atomic mass is 32.2. The van der Waals surface area contributed by atoms with Gasteiger partial charge in [0.05, 0.1) is 6.61 Å². The number of aliphatic hydroxyl groups excluding tert-OH is 1. The predicted molar refractivity (Wildman–Crippen MR) is 54.0 cm³/mol. The average Bonchev–Trinajstić information content (AvgIpc) is 2.18. The molecule has 84 valence electrons. The van der Waals surface area contributed by atoms with Crippen molar-refractivity contribution in [2.75, 3.05) is 19.7 Å². The molecule has 6 heteroatoms. The first-order valence-corrected chi connectivity index (χ1v) is 6.38. The van der Waals surface area contributed by atoms with E-state index < -0.39 is 16.3 Å². The third-order valence-electron chi connectivity index (χ3n) is 2.28. The Labute approximate surface area is 85.3 Å². The van der Waals surface area contributed by atoms with E-state index in [4.69, 9.17) is 5.11 Å². The molecule has 2 N–H and O–H groups in total. The third-order valence-corrected chi connectivity index (χ3v) is 4.02. The number of nitrogens with one attached hydrogen (secondary N) is 1. The summed E-state index contributed by atoms with van der Waals surface area (Å²) in [4.78, 5) is 0. The second-order valence-electron chi connectivity index (χ2n) is 3.67. The molecular formula is C8H18N2O3S. The number of hydrogen-bond acceptors (Lipinski definition) is 3. The summed E-state index contributed by atoms with van der Waals surface area (Å²) in [7, 11) is -3.37. The van der Waals surface area contributed by atoms with Crippen LogP contribution < -0.4 is 4.72 Å². The van der Waals surface area contributed by atoms with Crippen LogP contribution in [0.4, 0.5) is 0 Å². The predicted octanol–water partition coefficient (Wildman–Crippen LogP) is -0.313. The smallest absolute Gasteiger partial charge is 0.279 e. The minimum Gasteiger partial charge on any atom is -0.395 e. The van der Waals surface area contributed by atoms with Gasteiger partial charge in [-0.3, -0.25) is 0 Å². The summed E-state index contributed by atoms with van der Waals surface area (Å²) in [5.74, 6) is 0.